The molecular weight excluding hydrogens is 191 g/mol. The molecule has 0 aliphatic heterocycles. The Kier molecular flexibility index (Phi) is 2.71. The largest absolute Gasteiger partial charge is 0.425 e. The van der Waals surface area contributed by atoms with Crippen LogP contribution in [0.15, 0.2) is 12.1 Å². The third-order valence-electron chi connectivity index (χ3n) is 1.19. The minimum atomic E-state index is -4.28. The predicted octanol–water partition coefficient (Wildman–Crippen LogP) is 2.25. The summed E-state index contributed by atoms with van der Waals surface area (Å²) in [6.45, 7) is 0.0424. The Morgan fingerprint density at radius 1 is 1.42 bits per heavy atom. The second-order valence-corrected chi connectivity index (χ2v) is 3.27. The van der Waals surface area contributed by atoms with Crippen LogP contribution in [0.1, 0.15) is 9.75 Å². The molecule has 0 fully saturated rings. The summed E-state index contributed by atoms with van der Waals surface area (Å²) >= 11 is 0.617. The Bertz CT molecular complexity index is 258. The molecule has 6 heteroatoms. The smallest absolute Gasteiger partial charge is 0.316 e. The van der Waals surface area contributed by atoms with Gasteiger partial charge in [0.25, 0.3) is 0 Å². The number of nitrogens with one attached hydrogen (secondary N) is 1. The second kappa shape index (κ2) is 3.42. The molecule has 1 heterocycles. The van der Waals surface area contributed by atoms with E-state index in [-0.39, 0.29) is 6.54 Å². The van der Waals surface area contributed by atoms with Gasteiger partial charge in [-0.25, -0.2) is 5.48 Å². The molecule has 1 aromatic heterocycles. The molecule has 2 N–H and O–H groups in total. The summed E-state index contributed by atoms with van der Waals surface area (Å²) < 4.78 is 35.9. The first-order chi connectivity index (χ1) is 5.54. The quantitative estimate of drug-likeness (QED) is 0.712. The van der Waals surface area contributed by atoms with Crippen molar-refractivity contribution in [1.82, 2.24) is 5.48 Å². The van der Waals surface area contributed by atoms with Gasteiger partial charge < -0.3 is 5.21 Å². The highest BCUT2D eigenvalue weighted by Crippen LogP contribution is 2.34. The van der Waals surface area contributed by atoms with Gasteiger partial charge in [0.2, 0.25) is 0 Å². The van der Waals surface area contributed by atoms with Gasteiger partial charge >= 0.3 is 6.18 Å². The second-order valence-electron chi connectivity index (χ2n) is 2.10. The Hall–Kier alpha value is -0.590. The molecule has 12 heavy (non-hydrogen) atoms. The van der Waals surface area contributed by atoms with Crippen LogP contribution in [-0.4, -0.2) is 5.21 Å². The van der Waals surface area contributed by atoms with Gasteiger partial charge in [-0.15, -0.1) is 11.3 Å². The molecule has 0 atom stereocenters. The molecule has 0 bridgehead atoms. The van der Waals surface area contributed by atoms with Crippen molar-refractivity contribution < 1.29 is 18.4 Å². The zero-order valence-corrected chi connectivity index (χ0v) is 6.67. The average molecular weight is 197 g/mol. The van der Waals surface area contributed by atoms with E-state index in [1.54, 1.807) is 5.48 Å². The molecule has 0 saturated heterocycles. The number of rotatable bonds is 2. The molecule has 2 nitrogen and oxygen atoms in total. The highest BCUT2D eigenvalue weighted by atomic mass is 32.1. The monoisotopic (exact) mass is 197 g/mol. The summed E-state index contributed by atoms with van der Waals surface area (Å²) in [5.41, 5.74) is 1.79. The summed E-state index contributed by atoms with van der Waals surface area (Å²) in [6.07, 6.45) is -4.28. The Labute approximate surface area is 70.6 Å². The van der Waals surface area contributed by atoms with E-state index >= 15 is 0 Å². The molecule has 0 unspecified atom stereocenters. The van der Waals surface area contributed by atoms with Crippen LogP contribution in [0.25, 0.3) is 0 Å². The zero-order valence-electron chi connectivity index (χ0n) is 5.85. The maximum absolute atomic E-state index is 12.0. The van der Waals surface area contributed by atoms with Crippen LogP contribution < -0.4 is 5.48 Å². The van der Waals surface area contributed by atoms with Crippen LogP contribution >= 0.6 is 11.3 Å². The highest BCUT2D eigenvalue weighted by molar-refractivity contribution is 7.12. The van der Waals surface area contributed by atoms with Crippen LogP contribution in [0.4, 0.5) is 13.2 Å². The van der Waals surface area contributed by atoms with Crippen LogP contribution in [0.2, 0.25) is 0 Å². The van der Waals surface area contributed by atoms with Crippen molar-refractivity contribution in [3.05, 3.63) is 21.9 Å². The van der Waals surface area contributed by atoms with E-state index in [9.17, 15) is 13.2 Å². The van der Waals surface area contributed by atoms with Crippen molar-refractivity contribution in [3.63, 3.8) is 0 Å². The topological polar surface area (TPSA) is 32.3 Å². The molecule has 1 aromatic rings. The first-order valence-electron chi connectivity index (χ1n) is 3.07. The summed E-state index contributed by atoms with van der Waals surface area (Å²) in [5, 5.41) is 8.21. The number of thiophene rings is 1. The first kappa shape index (κ1) is 9.50. The molecule has 0 amide bonds. The third-order valence-corrected chi connectivity index (χ3v) is 2.32. The van der Waals surface area contributed by atoms with Gasteiger partial charge in [0.15, 0.2) is 0 Å². The fourth-order valence-electron chi connectivity index (χ4n) is 0.703. The molecule has 0 aromatic carbocycles. The summed E-state index contributed by atoms with van der Waals surface area (Å²) in [6, 6.07) is 2.33. The lowest BCUT2D eigenvalue weighted by Gasteiger charge is -2.00. The van der Waals surface area contributed by atoms with E-state index in [1.807, 2.05) is 0 Å². The Morgan fingerprint density at radius 2 is 2.08 bits per heavy atom. The first-order valence-corrected chi connectivity index (χ1v) is 3.88. The molecule has 1 rings (SSSR count). The van der Waals surface area contributed by atoms with E-state index in [4.69, 9.17) is 5.21 Å². The summed E-state index contributed by atoms with van der Waals surface area (Å²) in [7, 11) is 0. The van der Waals surface area contributed by atoms with Gasteiger partial charge in [-0.1, -0.05) is 0 Å². The number of halogens is 3. The number of hydrogen-bond donors (Lipinski definition) is 2. The third kappa shape index (κ3) is 2.20. The lowest BCUT2D eigenvalue weighted by atomic mass is 10.4. The molecule has 0 saturated carbocycles. The van der Waals surface area contributed by atoms with Gasteiger partial charge in [-0.3, -0.25) is 0 Å². The average Bonchev–Trinajstić information content (AvgIpc) is 2.35. The normalized spacial score (nSPS) is 12.0. The van der Waals surface area contributed by atoms with Gasteiger partial charge in [-0.05, 0) is 12.1 Å². The van der Waals surface area contributed by atoms with Crippen molar-refractivity contribution >= 4 is 11.3 Å². The van der Waals surface area contributed by atoms with E-state index in [1.165, 1.54) is 6.07 Å². The summed E-state index contributed by atoms with van der Waals surface area (Å²) in [4.78, 5) is -0.197. The minimum Gasteiger partial charge on any atom is -0.316 e. The number of hydroxylamine groups is 1. The SMILES string of the molecule is ONCc1ccc(C(F)(F)F)s1. The molecule has 68 valence electrons. The van der Waals surface area contributed by atoms with E-state index in [0.717, 1.165) is 6.07 Å². The maximum atomic E-state index is 12.0. The summed E-state index contributed by atoms with van der Waals surface area (Å²) in [5.74, 6) is 0. The van der Waals surface area contributed by atoms with Crippen molar-refractivity contribution in [3.8, 4) is 0 Å². The van der Waals surface area contributed by atoms with Gasteiger partial charge in [0.1, 0.15) is 4.88 Å². The lowest BCUT2D eigenvalue weighted by molar-refractivity contribution is -0.134. The zero-order chi connectivity index (χ0) is 9.19. The van der Waals surface area contributed by atoms with Crippen molar-refractivity contribution in [1.29, 1.82) is 0 Å². The fraction of sp³-hybridized carbons (Fsp3) is 0.333. The van der Waals surface area contributed by atoms with E-state index < -0.39 is 11.1 Å². The standard InChI is InChI=1S/C6H6F3NOS/c7-6(8,9)5-2-1-4(12-5)3-10-11/h1-2,10-11H,3H2. The van der Waals surface area contributed by atoms with Crippen LogP contribution in [0, 0.1) is 0 Å². The lowest BCUT2D eigenvalue weighted by Crippen LogP contribution is -2.04. The number of alkyl halides is 3. The molecular formula is C6H6F3NOS. The van der Waals surface area contributed by atoms with E-state index in [2.05, 4.69) is 0 Å². The van der Waals surface area contributed by atoms with Crippen LogP contribution in [-0.2, 0) is 12.7 Å². The maximum Gasteiger partial charge on any atom is 0.425 e. The van der Waals surface area contributed by atoms with Crippen molar-refractivity contribution in [2.75, 3.05) is 0 Å². The van der Waals surface area contributed by atoms with Gasteiger partial charge in [0.05, 0.1) is 6.54 Å². The molecule has 0 aliphatic rings. The van der Waals surface area contributed by atoms with E-state index in [0.29, 0.717) is 16.2 Å². The molecule has 0 aliphatic carbocycles. The van der Waals surface area contributed by atoms with Gasteiger partial charge in [-0.2, -0.15) is 13.2 Å². The number of hydrogen-bond acceptors (Lipinski definition) is 3. The molecule has 0 spiro atoms. The Balaban J connectivity index is 2.77. The van der Waals surface area contributed by atoms with Crippen molar-refractivity contribution in [2.24, 2.45) is 0 Å². The highest BCUT2D eigenvalue weighted by Gasteiger charge is 2.32. The molecule has 0 radical (unpaired) electrons. The predicted molar refractivity (Wildman–Crippen MR) is 37.9 cm³/mol. The van der Waals surface area contributed by atoms with Gasteiger partial charge in [0, 0.05) is 4.88 Å². The van der Waals surface area contributed by atoms with Crippen LogP contribution in [0.5, 0.6) is 0 Å². The Morgan fingerprint density at radius 3 is 2.50 bits per heavy atom. The fourth-order valence-corrected chi connectivity index (χ4v) is 1.51. The van der Waals surface area contributed by atoms with Crippen LogP contribution in [0.3, 0.4) is 0 Å². The van der Waals surface area contributed by atoms with Crippen molar-refractivity contribution in [2.45, 2.75) is 12.7 Å². The minimum absolute atomic E-state index is 0.0424.